The van der Waals surface area contributed by atoms with Crippen molar-refractivity contribution in [2.24, 2.45) is 0 Å². The van der Waals surface area contributed by atoms with E-state index in [0.717, 1.165) is 0 Å². The number of carbonyl (C=O) groups excluding carboxylic acids is 3. The summed E-state index contributed by atoms with van der Waals surface area (Å²) in [4.78, 5) is 38.4. The fourth-order valence-corrected chi connectivity index (χ4v) is 1.85. The maximum absolute atomic E-state index is 12.0. The standard InChI is InChI=1S/C16H13ClN2O4/c1-10(20)19-13-5-2-11(3-6-13)14(21)9-23-16(22)12-4-7-15(17)18-8-12/h2-8H,9H2,1H3,(H,19,20). The quantitative estimate of drug-likeness (QED) is 0.517. The second kappa shape index (κ2) is 7.51. The molecule has 0 fully saturated rings. The summed E-state index contributed by atoms with van der Waals surface area (Å²) in [5, 5.41) is 2.85. The Bertz CT molecular complexity index is 727. The van der Waals surface area contributed by atoms with Crippen molar-refractivity contribution in [1.29, 1.82) is 0 Å². The average Bonchev–Trinajstić information content (AvgIpc) is 2.53. The lowest BCUT2D eigenvalue weighted by atomic mass is 10.1. The zero-order chi connectivity index (χ0) is 16.8. The van der Waals surface area contributed by atoms with Crippen molar-refractivity contribution in [3.05, 3.63) is 58.9 Å². The highest BCUT2D eigenvalue weighted by Gasteiger charge is 2.12. The van der Waals surface area contributed by atoms with Crippen LogP contribution in [0.2, 0.25) is 5.15 Å². The molecule has 0 aliphatic heterocycles. The molecule has 0 radical (unpaired) electrons. The van der Waals surface area contributed by atoms with Crippen LogP contribution in [0.1, 0.15) is 27.6 Å². The van der Waals surface area contributed by atoms with E-state index in [1.165, 1.54) is 25.3 Å². The minimum absolute atomic E-state index is 0.199. The highest BCUT2D eigenvalue weighted by Crippen LogP contribution is 2.11. The number of Topliss-reactive ketones (excluding diaryl/α,β-unsaturated/α-hetero) is 1. The number of ketones is 1. The first-order valence-corrected chi connectivity index (χ1v) is 7.03. The van der Waals surface area contributed by atoms with Gasteiger partial charge in [0.2, 0.25) is 5.91 Å². The molecular formula is C16H13ClN2O4. The molecule has 1 amide bonds. The van der Waals surface area contributed by atoms with Gasteiger partial charge in [-0.15, -0.1) is 0 Å². The summed E-state index contributed by atoms with van der Waals surface area (Å²) >= 11 is 5.62. The monoisotopic (exact) mass is 332 g/mol. The second-order valence-electron chi connectivity index (χ2n) is 4.63. The molecular weight excluding hydrogens is 320 g/mol. The third-order valence-electron chi connectivity index (χ3n) is 2.82. The zero-order valence-corrected chi connectivity index (χ0v) is 13.0. The molecule has 1 aromatic heterocycles. The van der Waals surface area contributed by atoms with Crippen LogP contribution in [0.5, 0.6) is 0 Å². The van der Waals surface area contributed by atoms with E-state index in [1.54, 1.807) is 24.3 Å². The van der Waals surface area contributed by atoms with Crippen molar-refractivity contribution < 1.29 is 19.1 Å². The highest BCUT2D eigenvalue weighted by atomic mass is 35.5. The Balaban J connectivity index is 1.92. The highest BCUT2D eigenvalue weighted by molar-refractivity contribution is 6.29. The summed E-state index contributed by atoms with van der Waals surface area (Å²) < 4.78 is 4.94. The molecule has 7 heteroatoms. The fourth-order valence-electron chi connectivity index (χ4n) is 1.74. The van der Waals surface area contributed by atoms with Crippen LogP contribution in [0, 0.1) is 0 Å². The summed E-state index contributed by atoms with van der Waals surface area (Å²) in [6.07, 6.45) is 1.28. The predicted molar refractivity (Wildman–Crippen MR) is 84.6 cm³/mol. The van der Waals surface area contributed by atoms with Crippen LogP contribution in [-0.4, -0.2) is 29.3 Å². The van der Waals surface area contributed by atoms with E-state index in [1.807, 2.05) is 0 Å². The van der Waals surface area contributed by atoms with Crippen LogP contribution in [0.4, 0.5) is 5.69 Å². The van der Waals surface area contributed by atoms with Gasteiger partial charge in [-0.05, 0) is 36.4 Å². The summed E-state index contributed by atoms with van der Waals surface area (Å²) in [5.41, 5.74) is 1.17. The number of ether oxygens (including phenoxy) is 1. The first-order valence-electron chi connectivity index (χ1n) is 6.65. The third-order valence-corrected chi connectivity index (χ3v) is 3.05. The molecule has 1 aromatic carbocycles. The Morgan fingerprint density at radius 3 is 2.30 bits per heavy atom. The minimum atomic E-state index is -0.655. The van der Waals surface area contributed by atoms with Crippen molar-refractivity contribution in [1.82, 2.24) is 4.98 Å². The number of anilines is 1. The molecule has 1 N–H and O–H groups in total. The van der Waals surface area contributed by atoms with Gasteiger partial charge in [-0.1, -0.05) is 11.6 Å². The van der Waals surface area contributed by atoms with Gasteiger partial charge in [-0.25, -0.2) is 9.78 Å². The first-order chi connectivity index (χ1) is 11.0. The van der Waals surface area contributed by atoms with Gasteiger partial charge >= 0.3 is 5.97 Å². The molecule has 0 aliphatic carbocycles. The topological polar surface area (TPSA) is 85.4 Å². The number of nitrogens with one attached hydrogen (secondary N) is 1. The molecule has 0 unspecified atom stereocenters. The van der Waals surface area contributed by atoms with Crippen LogP contribution in [-0.2, 0) is 9.53 Å². The number of amides is 1. The number of hydrogen-bond acceptors (Lipinski definition) is 5. The lowest BCUT2D eigenvalue weighted by Crippen LogP contribution is -2.14. The lowest BCUT2D eigenvalue weighted by Gasteiger charge is -2.06. The Kier molecular flexibility index (Phi) is 5.43. The van der Waals surface area contributed by atoms with Gasteiger partial charge in [-0.3, -0.25) is 9.59 Å². The van der Waals surface area contributed by atoms with Crippen molar-refractivity contribution in [3.8, 4) is 0 Å². The van der Waals surface area contributed by atoms with Gasteiger partial charge in [0, 0.05) is 24.4 Å². The van der Waals surface area contributed by atoms with E-state index in [9.17, 15) is 14.4 Å². The predicted octanol–water partition coefficient (Wildman–Crippen LogP) is 2.73. The number of hydrogen-bond donors (Lipinski definition) is 1. The van der Waals surface area contributed by atoms with E-state index < -0.39 is 5.97 Å². The lowest BCUT2D eigenvalue weighted by molar-refractivity contribution is -0.114. The Labute approximate surface area is 137 Å². The molecule has 2 rings (SSSR count). The van der Waals surface area contributed by atoms with Gasteiger partial charge in [0.15, 0.2) is 12.4 Å². The second-order valence-corrected chi connectivity index (χ2v) is 5.01. The van der Waals surface area contributed by atoms with Crippen LogP contribution in [0.3, 0.4) is 0 Å². The minimum Gasteiger partial charge on any atom is -0.454 e. The summed E-state index contributed by atoms with van der Waals surface area (Å²) in [7, 11) is 0. The number of benzene rings is 1. The number of halogens is 1. The van der Waals surface area contributed by atoms with E-state index in [4.69, 9.17) is 16.3 Å². The molecule has 23 heavy (non-hydrogen) atoms. The number of nitrogens with zero attached hydrogens (tertiary/aromatic N) is 1. The zero-order valence-electron chi connectivity index (χ0n) is 12.2. The maximum atomic E-state index is 12.0. The van der Waals surface area contributed by atoms with E-state index >= 15 is 0 Å². The number of pyridine rings is 1. The Morgan fingerprint density at radius 2 is 1.74 bits per heavy atom. The van der Waals surface area contributed by atoms with Crippen LogP contribution < -0.4 is 5.32 Å². The van der Waals surface area contributed by atoms with Crippen LogP contribution in [0.15, 0.2) is 42.6 Å². The molecule has 0 saturated heterocycles. The molecule has 0 aliphatic rings. The average molecular weight is 333 g/mol. The largest absolute Gasteiger partial charge is 0.454 e. The van der Waals surface area contributed by atoms with E-state index in [2.05, 4.69) is 10.3 Å². The number of carbonyl (C=O) groups is 3. The van der Waals surface area contributed by atoms with Gasteiger partial charge in [0.25, 0.3) is 0 Å². The Morgan fingerprint density at radius 1 is 1.09 bits per heavy atom. The van der Waals surface area contributed by atoms with Crippen LogP contribution in [0.25, 0.3) is 0 Å². The Hall–Kier alpha value is -2.73. The molecule has 6 nitrogen and oxygen atoms in total. The van der Waals surface area contributed by atoms with Crippen molar-refractivity contribution in [3.63, 3.8) is 0 Å². The fraction of sp³-hybridized carbons (Fsp3) is 0.125. The van der Waals surface area contributed by atoms with Crippen molar-refractivity contribution >= 4 is 34.9 Å². The van der Waals surface area contributed by atoms with Gasteiger partial charge < -0.3 is 10.1 Å². The van der Waals surface area contributed by atoms with Crippen molar-refractivity contribution in [2.45, 2.75) is 6.92 Å². The summed E-state index contributed by atoms with van der Waals surface area (Å²) in [6.45, 7) is 1.01. The van der Waals surface area contributed by atoms with E-state index in [-0.39, 0.29) is 29.0 Å². The molecule has 0 saturated carbocycles. The molecule has 1 heterocycles. The number of esters is 1. The van der Waals surface area contributed by atoms with Gasteiger partial charge in [-0.2, -0.15) is 0 Å². The smallest absolute Gasteiger partial charge is 0.340 e. The molecule has 118 valence electrons. The molecule has 0 spiro atoms. The third kappa shape index (κ3) is 4.89. The van der Waals surface area contributed by atoms with Gasteiger partial charge in [0.1, 0.15) is 5.15 Å². The summed E-state index contributed by atoms with van der Waals surface area (Å²) in [6, 6.07) is 9.21. The van der Waals surface area contributed by atoms with Crippen molar-refractivity contribution in [2.75, 3.05) is 11.9 Å². The molecule has 2 aromatic rings. The number of rotatable bonds is 5. The first kappa shape index (κ1) is 16.6. The normalized spacial score (nSPS) is 10.0. The number of aromatic nitrogens is 1. The van der Waals surface area contributed by atoms with Crippen LogP contribution >= 0.6 is 11.6 Å². The van der Waals surface area contributed by atoms with Gasteiger partial charge in [0.05, 0.1) is 5.56 Å². The SMILES string of the molecule is CC(=O)Nc1ccc(C(=O)COC(=O)c2ccc(Cl)nc2)cc1. The maximum Gasteiger partial charge on any atom is 0.340 e. The van der Waals surface area contributed by atoms with E-state index in [0.29, 0.717) is 11.3 Å². The summed E-state index contributed by atoms with van der Waals surface area (Å²) in [5.74, 6) is -1.21. The molecule has 0 atom stereocenters. The molecule has 0 bridgehead atoms.